The molecule has 0 aliphatic heterocycles. The van der Waals surface area contributed by atoms with E-state index in [9.17, 15) is 22.4 Å². The fourth-order valence-electron chi connectivity index (χ4n) is 2.06. The molecule has 1 aromatic heterocycles. The predicted octanol–water partition coefficient (Wildman–Crippen LogP) is 3.71. The Balaban J connectivity index is 2.57. The van der Waals surface area contributed by atoms with Crippen molar-refractivity contribution in [3.8, 4) is 5.75 Å². The van der Waals surface area contributed by atoms with Gasteiger partial charge >= 0.3 is 6.36 Å². The zero-order valence-corrected chi connectivity index (χ0v) is 10.3. The Hall–Kier alpha value is -2.05. The molecule has 1 heterocycles. The first-order chi connectivity index (χ1) is 9.46. The first kappa shape index (κ1) is 14.4. The Morgan fingerprint density at radius 1 is 1.30 bits per heavy atom. The van der Waals surface area contributed by atoms with E-state index in [-0.39, 0.29) is 24.0 Å². The van der Waals surface area contributed by atoms with Crippen LogP contribution in [0.1, 0.15) is 16.8 Å². The van der Waals surface area contributed by atoms with Crippen molar-refractivity contribution >= 4 is 17.2 Å². The molecule has 2 rings (SSSR count). The number of carbonyl (C=O) groups excluding carboxylic acids is 1. The molecule has 3 nitrogen and oxygen atoms in total. The Morgan fingerprint density at radius 3 is 2.65 bits per heavy atom. The number of fused-ring (bicyclic) bond motifs is 1. The summed E-state index contributed by atoms with van der Waals surface area (Å²) in [6.45, 7) is -0.433. The fourth-order valence-corrected chi connectivity index (χ4v) is 2.06. The number of para-hydroxylation sites is 1. The van der Waals surface area contributed by atoms with Crippen molar-refractivity contribution < 1.29 is 27.1 Å². The second-order valence-electron chi connectivity index (χ2n) is 4.14. The smallest absolute Gasteiger partial charge is 0.404 e. The number of halogens is 4. The minimum Gasteiger partial charge on any atom is -0.404 e. The number of hydrogen-bond donors (Lipinski definition) is 0. The van der Waals surface area contributed by atoms with E-state index in [0.717, 1.165) is 6.07 Å². The first-order valence-corrected chi connectivity index (χ1v) is 5.85. The molecule has 0 unspecified atom stereocenters. The van der Waals surface area contributed by atoms with Gasteiger partial charge in [-0.05, 0) is 12.5 Å². The highest BCUT2D eigenvalue weighted by Crippen LogP contribution is 2.33. The fraction of sp³-hybridized carbons (Fsp3) is 0.308. The Labute approximate surface area is 111 Å². The van der Waals surface area contributed by atoms with Crippen LogP contribution >= 0.6 is 0 Å². The van der Waals surface area contributed by atoms with E-state index in [4.69, 9.17) is 0 Å². The minimum atomic E-state index is -4.83. The quantitative estimate of drug-likeness (QED) is 0.620. The van der Waals surface area contributed by atoms with Crippen molar-refractivity contribution in [1.29, 1.82) is 0 Å². The molecule has 2 aromatic rings. The summed E-state index contributed by atoms with van der Waals surface area (Å²) in [4.78, 5) is 11.0. The molecule has 0 aliphatic rings. The topological polar surface area (TPSA) is 31.2 Å². The monoisotopic (exact) mass is 289 g/mol. The summed E-state index contributed by atoms with van der Waals surface area (Å²) in [5, 5.41) is 0.348. The highest BCUT2D eigenvalue weighted by molar-refractivity contribution is 6.00. The van der Waals surface area contributed by atoms with E-state index in [0.29, 0.717) is 11.7 Å². The second-order valence-corrected chi connectivity index (χ2v) is 4.14. The number of aryl methyl sites for hydroxylation is 1. The Morgan fingerprint density at radius 2 is 2.05 bits per heavy atom. The van der Waals surface area contributed by atoms with Gasteiger partial charge in [-0.15, -0.1) is 13.2 Å². The van der Waals surface area contributed by atoms with Crippen LogP contribution in [0.5, 0.6) is 5.75 Å². The number of alkyl halides is 4. The number of carbonyl (C=O) groups is 1. The van der Waals surface area contributed by atoms with Gasteiger partial charge in [0.15, 0.2) is 12.0 Å². The van der Waals surface area contributed by atoms with E-state index in [1.54, 1.807) is 0 Å². The van der Waals surface area contributed by atoms with Crippen molar-refractivity contribution in [1.82, 2.24) is 4.57 Å². The van der Waals surface area contributed by atoms with Gasteiger partial charge in [0.2, 0.25) is 0 Å². The van der Waals surface area contributed by atoms with Gasteiger partial charge in [0.1, 0.15) is 0 Å². The number of rotatable bonds is 5. The molecular weight excluding hydrogens is 278 g/mol. The third-order valence-electron chi connectivity index (χ3n) is 2.78. The molecule has 20 heavy (non-hydrogen) atoms. The lowest BCUT2D eigenvalue weighted by Crippen LogP contribution is -2.17. The zero-order chi connectivity index (χ0) is 14.8. The van der Waals surface area contributed by atoms with Gasteiger partial charge in [0.25, 0.3) is 0 Å². The van der Waals surface area contributed by atoms with E-state index >= 15 is 0 Å². The molecular formula is C13H11F4NO2. The zero-order valence-electron chi connectivity index (χ0n) is 10.3. The average Bonchev–Trinajstić information content (AvgIpc) is 2.74. The van der Waals surface area contributed by atoms with Gasteiger partial charge in [-0.1, -0.05) is 12.1 Å². The molecule has 0 saturated heterocycles. The van der Waals surface area contributed by atoms with Crippen molar-refractivity contribution in [3.63, 3.8) is 0 Å². The maximum Gasteiger partial charge on any atom is 0.573 e. The van der Waals surface area contributed by atoms with Crippen LogP contribution in [-0.4, -0.2) is 23.9 Å². The lowest BCUT2D eigenvalue weighted by atomic mass is 10.2. The van der Waals surface area contributed by atoms with Gasteiger partial charge in [-0.3, -0.25) is 9.18 Å². The van der Waals surface area contributed by atoms with E-state index < -0.39 is 18.8 Å². The third-order valence-corrected chi connectivity index (χ3v) is 2.78. The van der Waals surface area contributed by atoms with Crippen LogP contribution < -0.4 is 4.74 Å². The average molecular weight is 289 g/mol. The molecule has 0 radical (unpaired) electrons. The maximum atomic E-state index is 12.4. The van der Waals surface area contributed by atoms with Crippen LogP contribution in [0.4, 0.5) is 17.6 Å². The third kappa shape index (κ3) is 2.92. The predicted molar refractivity (Wildman–Crippen MR) is 64.6 cm³/mol. The number of ether oxygens (including phenoxy) is 1. The molecule has 0 aliphatic carbocycles. The summed E-state index contributed by atoms with van der Waals surface area (Å²) in [5.74, 6) is -0.401. The van der Waals surface area contributed by atoms with Crippen molar-refractivity contribution in [2.45, 2.75) is 19.3 Å². The summed E-state index contributed by atoms with van der Waals surface area (Å²) in [7, 11) is 0. The second kappa shape index (κ2) is 5.52. The van der Waals surface area contributed by atoms with E-state index in [1.807, 2.05) is 0 Å². The molecule has 0 bridgehead atoms. The number of aromatic nitrogens is 1. The number of nitrogens with zero attached hydrogens (tertiary/aromatic N) is 1. The molecule has 0 saturated carbocycles. The van der Waals surface area contributed by atoms with Gasteiger partial charge in [0, 0.05) is 23.7 Å². The molecule has 0 fully saturated rings. The van der Waals surface area contributed by atoms with Crippen LogP contribution in [0.2, 0.25) is 0 Å². The Bertz CT molecular complexity index is 619. The number of aldehydes is 1. The highest BCUT2D eigenvalue weighted by atomic mass is 19.4. The number of hydrogen-bond acceptors (Lipinski definition) is 2. The standard InChI is InChI=1S/C13H11F4NO2/c14-5-2-6-18-7-9(8-19)10-3-1-4-11(12(10)18)20-13(15,16)17/h1,3-4,7-8H,2,5-6H2. The summed E-state index contributed by atoms with van der Waals surface area (Å²) >= 11 is 0. The summed E-state index contributed by atoms with van der Waals surface area (Å²) < 4.78 is 54.8. The molecule has 108 valence electrons. The van der Waals surface area contributed by atoms with Crippen molar-refractivity contribution in [3.05, 3.63) is 30.0 Å². The lowest BCUT2D eigenvalue weighted by molar-refractivity contribution is -0.274. The molecule has 0 atom stereocenters. The largest absolute Gasteiger partial charge is 0.573 e. The SMILES string of the molecule is O=Cc1cn(CCCF)c2c(OC(F)(F)F)cccc12. The van der Waals surface area contributed by atoms with Gasteiger partial charge in [0.05, 0.1) is 12.2 Å². The van der Waals surface area contributed by atoms with Crippen molar-refractivity contribution in [2.24, 2.45) is 0 Å². The van der Waals surface area contributed by atoms with Crippen molar-refractivity contribution in [2.75, 3.05) is 6.67 Å². The van der Waals surface area contributed by atoms with E-state index in [2.05, 4.69) is 4.74 Å². The normalized spacial score (nSPS) is 11.8. The maximum absolute atomic E-state index is 12.4. The van der Waals surface area contributed by atoms with Crippen LogP contribution in [-0.2, 0) is 6.54 Å². The molecule has 1 aromatic carbocycles. The minimum absolute atomic E-state index is 0.139. The van der Waals surface area contributed by atoms with Gasteiger partial charge in [-0.25, -0.2) is 0 Å². The first-order valence-electron chi connectivity index (χ1n) is 5.85. The molecule has 0 spiro atoms. The van der Waals surface area contributed by atoms with Crippen LogP contribution in [0.25, 0.3) is 10.9 Å². The summed E-state index contributed by atoms with van der Waals surface area (Å²) in [6, 6.07) is 4.06. The Kier molecular flexibility index (Phi) is 3.96. The van der Waals surface area contributed by atoms with Crippen LogP contribution in [0.15, 0.2) is 24.4 Å². The van der Waals surface area contributed by atoms with Gasteiger partial charge in [-0.2, -0.15) is 0 Å². The van der Waals surface area contributed by atoms with Gasteiger partial charge < -0.3 is 9.30 Å². The highest BCUT2D eigenvalue weighted by Gasteiger charge is 2.32. The molecule has 0 N–H and O–H groups in total. The van der Waals surface area contributed by atoms with Crippen LogP contribution in [0, 0.1) is 0 Å². The number of benzene rings is 1. The summed E-state index contributed by atoms with van der Waals surface area (Å²) in [6.07, 6.45) is -2.74. The molecule has 0 amide bonds. The lowest BCUT2D eigenvalue weighted by Gasteiger charge is -2.12. The summed E-state index contributed by atoms with van der Waals surface area (Å²) in [5.41, 5.74) is 0.381. The molecule has 7 heteroatoms. The van der Waals surface area contributed by atoms with E-state index in [1.165, 1.54) is 22.9 Å². The van der Waals surface area contributed by atoms with Crippen LogP contribution in [0.3, 0.4) is 0 Å².